The summed E-state index contributed by atoms with van der Waals surface area (Å²) in [5.41, 5.74) is 0.336. The van der Waals surface area contributed by atoms with Crippen molar-refractivity contribution in [3.05, 3.63) is 22.4 Å². The highest BCUT2D eigenvalue weighted by molar-refractivity contribution is 7.09. The van der Waals surface area contributed by atoms with E-state index in [0.29, 0.717) is 11.5 Å². The summed E-state index contributed by atoms with van der Waals surface area (Å²) in [6.07, 6.45) is 5.08. The molecule has 158 valence electrons. The van der Waals surface area contributed by atoms with Gasteiger partial charge in [-0.3, -0.25) is 4.90 Å². The number of amides is 2. The van der Waals surface area contributed by atoms with E-state index in [-0.39, 0.29) is 6.03 Å². The number of nitrogens with one attached hydrogen (secondary N) is 1. The summed E-state index contributed by atoms with van der Waals surface area (Å²) in [6, 6.07) is 4.84. The predicted molar refractivity (Wildman–Crippen MR) is 118 cm³/mol. The lowest BCUT2D eigenvalue weighted by Crippen LogP contribution is -2.60. The van der Waals surface area contributed by atoms with Gasteiger partial charge in [0.2, 0.25) is 0 Å². The molecule has 2 aliphatic rings. The van der Waals surface area contributed by atoms with E-state index in [4.69, 9.17) is 0 Å². The predicted octanol–water partition coefficient (Wildman–Crippen LogP) is 3.72. The number of hydrogen-bond donors (Lipinski definition) is 1. The van der Waals surface area contributed by atoms with Gasteiger partial charge in [0, 0.05) is 44.6 Å². The molecule has 1 N–H and O–H groups in total. The molecular weight excluding hydrogens is 368 g/mol. The van der Waals surface area contributed by atoms with Crippen LogP contribution in [0.15, 0.2) is 17.5 Å². The molecule has 0 aromatic carbocycles. The van der Waals surface area contributed by atoms with Gasteiger partial charge in [-0.05, 0) is 68.1 Å². The van der Waals surface area contributed by atoms with Crippen LogP contribution in [-0.2, 0) is 6.54 Å². The molecule has 2 aliphatic heterocycles. The van der Waals surface area contributed by atoms with Gasteiger partial charge in [0.05, 0.1) is 0 Å². The van der Waals surface area contributed by atoms with Crippen LogP contribution in [0.4, 0.5) is 4.79 Å². The van der Waals surface area contributed by atoms with Crippen molar-refractivity contribution in [1.82, 2.24) is 20.0 Å². The van der Waals surface area contributed by atoms with Crippen molar-refractivity contribution in [2.75, 3.05) is 46.8 Å². The Bertz CT molecular complexity index is 608. The van der Waals surface area contributed by atoms with Crippen LogP contribution in [0.1, 0.15) is 44.4 Å². The number of carbonyl (C=O) groups is 1. The molecule has 1 unspecified atom stereocenters. The molecular formula is C22H38N4OS. The maximum Gasteiger partial charge on any atom is 0.316 e. The van der Waals surface area contributed by atoms with E-state index >= 15 is 0 Å². The number of piperidine rings is 2. The van der Waals surface area contributed by atoms with Gasteiger partial charge in [0.25, 0.3) is 0 Å². The SMILES string of the molecule is CC(C)CN1CCC2(CCCN(Cc3cccs3)C2CNC(=O)N(C)C)CC1. The summed E-state index contributed by atoms with van der Waals surface area (Å²) in [5.74, 6) is 0.728. The van der Waals surface area contributed by atoms with Gasteiger partial charge in [-0.15, -0.1) is 11.3 Å². The van der Waals surface area contributed by atoms with Gasteiger partial charge >= 0.3 is 6.03 Å². The molecule has 0 aliphatic carbocycles. The molecule has 2 saturated heterocycles. The molecule has 0 saturated carbocycles. The first-order chi connectivity index (χ1) is 13.4. The Morgan fingerprint density at radius 3 is 2.64 bits per heavy atom. The average molecular weight is 407 g/mol. The number of rotatable bonds is 6. The van der Waals surface area contributed by atoms with Crippen molar-refractivity contribution in [1.29, 1.82) is 0 Å². The molecule has 1 aromatic rings. The van der Waals surface area contributed by atoms with Crippen LogP contribution >= 0.6 is 11.3 Å². The minimum absolute atomic E-state index is 0.0223. The Morgan fingerprint density at radius 2 is 2.04 bits per heavy atom. The van der Waals surface area contributed by atoms with Crippen molar-refractivity contribution >= 4 is 17.4 Å². The number of urea groups is 1. The van der Waals surface area contributed by atoms with Gasteiger partial charge in [0.15, 0.2) is 0 Å². The number of nitrogens with zero attached hydrogens (tertiary/aromatic N) is 3. The van der Waals surface area contributed by atoms with Gasteiger partial charge in [-0.25, -0.2) is 4.79 Å². The van der Waals surface area contributed by atoms with Crippen molar-refractivity contribution in [2.24, 2.45) is 11.3 Å². The largest absolute Gasteiger partial charge is 0.336 e. The molecule has 1 spiro atoms. The maximum atomic E-state index is 12.2. The van der Waals surface area contributed by atoms with E-state index in [1.54, 1.807) is 4.90 Å². The second kappa shape index (κ2) is 9.59. The van der Waals surface area contributed by atoms with Crippen molar-refractivity contribution in [3.63, 3.8) is 0 Å². The van der Waals surface area contributed by atoms with Crippen LogP contribution in [0.2, 0.25) is 0 Å². The van der Waals surface area contributed by atoms with Gasteiger partial charge in [0.1, 0.15) is 0 Å². The van der Waals surface area contributed by atoms with Gasteiger partial charge in [-0.2, -0.15) is 0 Å². The van der Waals surface area contributed by atoms with E-state index in [1.807, 2.05) is 25.4 Å². The van der Waals surface area contributed by atoms with E-state index in [9.17, 15) is 4.79 Å². The first-order valence-corrected chi connectivity index (χ1v) is 11.7. The third-order valence-electron chi connectivity index (χ3n) is 6.53. The van der Waals surface area contributed by atoms with Gasteiger partial charge in [-0.1, -0.05) is 19.9 Å². The number of carbonyl (C=O) groups excluding carboxylic acids is 1. The molecule has 0 radical (unpaired) electrons. The number of hydrogen-bond acceptors (Lipinski definition) is 4. The molecule has 3 heterocycles. The van der Waals surface area contributed by atoms with Crippen molar-refractivity contribution in [2.45, 2.75) is 52.1 Å². The molecule has 2 amide bonds. The fraction of sp³-hybridized carbons (Fsp3) is 0.773. The third-order valence-corrected chi connectivity index (χ3v) is 7.40. The molecule has 0 bridgehead atoms. The molecule has 6 heteroatoms. The molecule has 28 heavy (non-hydrogen) atoms. The fourth-order valence-corrected chi connectivity index (χ4v) is 5.83. The fourth-order valence-electron chi connectivity index (χ4n) is 5.10. The topological polar surface area (TPSA) is 38.8 Å². The highest BCUT2D eigenvalue weighted by Gasteiger charge is 2.46. The number of thiophene rings is 1. The first kappa shape index (κ1) is 21.6. The third kappa shape index (κ3) is 5.28. The molecule has 2 fully saturated rings. The summed E-state index contributed by atoms with van der Waals surface area (Å²) < 4.78 is 0. The first-order valence-electron chi connectivity index (χ1n) is 10.8. The average Bonchev–Trinajstić information content (AvgIpc) is 3.15. The quantitative estimate of drug-likeness (QED) is 0.782. The molecule has 1 atom stereocenters. The lowest BCUT2D eigenvalue weighted by Gasteiger charge is -2.54. The van der Waals surface area contributed by atoms with E-state index in [0.717, 1.165) is 25.6 Å². The zero-order chi connectivity index (χ0) is 20.1. The lowest BCUT2D eigenvalue weighted by molar-refractivity contribution is -0.0357. The summed E-state index contributed by atoms with van der Waals surface area (Å²) >= 11 is 1.84. The Kier molecular flexibility index (Phi) is 7.40. The minimum Gasteiger partial charge on any atom is -0.336 e. The Labute approximate surface area is 175 Å². The van der Waals surface area contributed by atoms with Gasteiger partial charge < -0.3 is 15.1 Å². The number of likely N-dealkylation sites (tertiary alicyclic amines) is 2. The Morgan fingerprint density at radius 1 is 1.29 bits per heavy atom. The molecule has 5 nitrogen and oxygen atoms in total. The van der Waals surface area contributed by atoms with Crippen LogP contribution < -0.4 is 5.32 Å². The van der Waals surface area contributed by atoms with Crippen LogP contribution in [0.5, 0.6) is 0 Å². The normalized spacial score (nSPS) is 23.2. The van der Waals surface area contributed by atoms with E-state index in [1.165, 1.54) is 50.2 Å². The van der Waals surface area contributed by atoms with E-state index in [2.05, 4.69) is 46.5 Å². The van der Waals surface area contributed by atoms with Crippen molar-refractivity contribution in [3.8, 4) is 0 Å². The van der Waals surface area contributed by atoms with Crippen LogP contribution in [0.25, 0.3) is 0 Å². The monoisotopic (exact) mass is 406 g/mol. The Hall–Kier alpha value is -1.11. The highest BCUT2D eigenvalue weighted by atomic mass is 32.1. The van der Waals surface area contributed by atoms with Crippen LogP contribution in [0.3, 0.4) is 0 Å². The summed E-state index contributed by atoms with van der Waals surface area (Å²) in [6.45, 7) is 11.1. The summed E-state index contributed by atoms with van der Waals surface area (Å²) in [5, 5.41) is 5.38. The standard InChI is InChI=1S/C22H38N4OS/c1-18(2)16-25-12-9-22(10-13-25)8-6-11-26(17-19-7-5-14-28-19)20(22)15-23-21(27)24(3)4/h5,7,14,18,20H,6,8-13,15-17H2,1-4H3,(H,23,27). The van der Waals surface area contributed by atoms with Crippen LogP contribution in [-0.4, -0.2) is 73.6 Å². The van der Waals surface area contributed by atoms with Crippen LogP contribution in [0, 0.1) is 11.3 Å². The zero-order valence-corrected chi connectivity index (χ0v) is 18.9. The second-order valence-electron chi connectivity index (χ2n) is 9.31. The van der Waals surface area contributed by atoms with E-state index < -0.39 is 0 Å². The molecule has 1 aromatic heterocycles. The zero-order valence-electron chi connectivity index (χ0n) is 18.1. The smallest absolute Gasteiger partial charge is 0.316 e. The maximum absolute atomic E-state index is 12.2. The molecule has 3 rings (SSSR count). The second-order valence-corrected chi connectivity index (χ2v) is 10.3. The highest BCUT2D eigenvalue weighted by Crippen LogP contribution is 2.45. The lowest BCUT2D eigenvalue weighted by atomic mass is 9.66. The van der Waals surface area contributed by atoms with Crippen molar-refractivity contribution < 1.29 is 4.79 Å². The minimum atomic E-state index is 0.0223. The summed E-state index contributed by atoms with van der Waals surface area (Å²) in [7, 11) is 3.64. The summed E-state index contributed by atoms with van der Waals surface area (Å²) in [4.78, 5) is 20.6. The Balaban J connectivity index is 1.73.